The van der Waals surface area contributed by atoms with Gasteiger partial charge >= 0.3 is 6.01 Å². The molecule has 9 nitrogen and oxygen atoms in total. The fraction of sp³-hybridized carbons (Fsp3) is 0.400. The van der Waals surface area contributed by atoms with Crippen molar-refractivity contribution < 1.29 is 18.6 Å². The molecule has 1 aliphatic rings. The zero-order chi connectivity index (χ0) is 20.4. The molecule has 1 aliphatic heterocycles. The van der Waals surface area contributed by atoms with Crippen LogP contribution in [-0.4, -0.2) is 59.5 Å². The zero-order valence-corrected chi connectivity index (χ0v) is 16.8. The average molecular weight is 397 g/mol. The molecule has 0 bridgehead atoms. The maximum Gasteiger partial charge on any atom is 0.320 e. The van der Waals surface area contributed by atoms with Gasteiger partial charge in [0.15, 0.2) is 5.76 Å². The molecule has 0 saturated carbocycles. The highest BCUT2D eigenvalue weighted by Crippen LogP contribution is 2.33. The van der Waals surface area contributed by atoms with Gasteiger partial charge in [0.1, 0.15) is 5.69 Å². The zero-order valence-electron chi connectivity index (χ0n) is 16.8. The van der Waals surface area contributed by atoms with E-state index in [1.54, 1.807) is 25.6 Å². The highest BCUT2D eigenvalue weighted by Gasteiger charge is 2.26. The lowest BCUT2D eigenvalue weighted by atomic mass is 10.1. The second-order valence-corrected chi connectivity index (χ2v) is 6.85. The Morgan fingerprint density at radius 2 is 1.86 bits per heavy atom. The Bertz CT molecular complexity index is 947. The third kappa shape index (κ3) is 4.00. The van der Waals surface area contributed by atoms with Crippen molar-refractivity contribution in [2.45, 2.75) is 26.1 Å². The van der Waals surface area contributed by atoms with E-state index in [0.29, 0.717) is 34.5 Å². The van der Waals surface area contributed by atoms with E-state index in [1.165, 1.54) is 7.11 Å². The number of methoxy groups -OCH3 is 2. The van der Waals surface area contributed by atoms with Gasteiger partial charge in [-0.2, -0.15) is 9.97 Å². The van der Waals surface area contributed by atoms with E-state index in [0.717, 1.165) is 13.1 Å². The summed E-state index contributed by atoms with van der Waals surface area (Å²) in [6.07, 6.45) is 3.56. The second kappa shape index (κ2) is 8.04. The lowest BCUT2D eigenvalue weighted by molar-refractivity contribution is -0.00571. The average Bonchev–Trinajstić information content (AvgIpc) is 3.27. The topological polar surface area (TPSA) is 95.6 Å². The molecule has 4 heterocycles. The maximum absolute atomic E-state index is 5.82. The van der Waals surface area contributed by atoms with E-state index in [9.17, 15) is 0 Å². The number of hydrogen-bond donors (Lipinski definition) is 0. The number of morpholine rings is 1. The lowest BCUT2D eigenvalue weighted by Crippen LogP contribution is -2.46. The van der Waals surface area contributed by atoms with E-state index in [4.69, 9.17) is 23.6 Å². The molecule has 1 saturated heterocycles. The summed E-state index contributed by atoms with van der Waals surface area (Å²) in [5.41, 5.74) is 1.90. The van der Waals surface area contributed by atoms with Crippen LogP contribution < -0.4 is 14.4 Å². The molecule has 3 aromatic rings. The van der Waals surface area contributed by atoms with E-state index >= 15 is 0 Å². The van der Waals surface area contributed by atoms with Gasteiger partial charge in [-0.25, -0.2) is 9.97 Å². The van der Waals surface area contributed by atoms with Crippen LogP contribution >= 0.6 is 0 Å². The lowest BCUT2D eigenvalue weighted by Gasteiger charge is -2.35. The van der Waals surface area contributed by atoms with Crippen LogP contribution in [0.5, 0.6) is 11.9 Å². The minimum Gasteiger partial charge on any atom is -0.481 e. The Hall–Kier alpha value is -3.20. The van der Waals surface area contributed by atoms with Crippen LogP contribution in [0.3, 0.4) is 0 Å². The first-order valence-corrected chi connectivity index (χ1v) is 9.36. The number of rotatable bonds is 5. The third-order valence-electron chi connectivity index (χ3n) is 4.58. The van der Waals surface area contributed by atoms with Crippen LogP contribution in [0.25, 0.3) is 22.7 Å². The van der Waals surface area contributed by atoms with Gasteiger partial charge < -0.3 is 23.5 Å². The Morgan fingerprint density at radius 3 is 2.52 bits per heavy atom. The van der Waals surface area contributed by atoms with Gasteiger partial charge in [0.25, 0.3) is 0 Å². The number of ether oxygens (including phenoxy) is 3. The highest BCUT2D eigenvalue weighted by molar-refractivity contribution is 5.77. The predicted octanol–water partition coefficient (Wildman–Crippen LogP) is 2.82. The highest BCUT2D eigenvalue weighted by atomic mass is 16.5. The van der Waals surface area contributed by atoms with Crippen LogP contribution in [-0.2, 0) is 4.74 Å². The van der Waals surface area contributed by atoms with Crippen molar-refractivity contribution in [2.24, 2.45) is 0 Å². The monoisotopic (exact) mass is 397 g/mol. The van der Waals surface area contributed by atoms with Crippen molar-refractivity contribution in [3.8, 4) is 34.6 Å². The number of furan rings is 1. The molecule has 152 valence electrons. The molecule has 1 fully saturated rings. The molecule has 0 aliphatic carbocycles. The molecule has 2 atom stereocenters. The van der Waals surface area contributed by atoms with Gasteiger partial charge in [-0.15, -0.1) is 0 Å². The van der Waals surface area contributed by atoms with Gasteiger partial charge in [-0.3, -0.25) is 0 Å². The van der Waals surface area contributed by atoms with Gasteiger partial charge in [0, 0.05) is 30.9 Å². The number of anilines is 1. The van der Waals surface area contributed by atoms with Crippen molar-refractivity contribution in [3.05, 3.63) is 30.7 Å². The van der Waals surface area contributed by atoms with E-state index in [-0.39, 0.29) is 18.2 Å². The smallest absolute Gasteiger partial charge is 0.320 e. The van der Waals surface area contributed by atoms with Crippen molar-refractivity contribution in [3.63, 3.8) is 0 Å². The van der Waals surface area contributed by atoms with Gasteiger partial charge in [-0.1, -0.05) is 0 Å². The Kier molecular flexibility index (Phi) is 5.30. The minimum absolute atomic E-state index is 0.101. The molecule has 4 rings (SSSR count). The van der Waals surface area contributed by atoms with Crippen LogP contribution in [0.2, 0.25) is 0 Å². The fourth-order valence-corrected chi connectivity index (χ4v) is 3.39. The number of hydrogen-bond acceptors (Lipinski definition) is 9. The van der Waals surface area contributed by atoms with Crippen molar-refractivity contribution in [2.75, 3.05) is 32.2 Å². The quantitative estimate of drug-likeness (QED) is 0.644. The van der Waals surface area contributed by atoms with E-state index in [2.05, 4.69) is 19.9 Å². The SMILES string of the molecule is COc1cc(-c2cnc(N3CC(C)OC(C)C3)nc2-c2ccco2)nc(OC)n1. The molecule has 2 unspecified atom stereocenters. The molecule has 0 aromatic carbocycles. The first-order chi connectivity index (χ1) is 14.1. The maximum atomic E-state index is 5.82. The summed E-state index contributed by atoms with van der Waals surface area (Å²) in [6, 6.07) is 5.59. The molecule has 0 amide bonds. The Labute approximate surface area is 168 Å². The van der Waals surface area contributed by atoms with Gasteiger partial charge in [0.05, 0.1) is 38.4 Å². The molecule has 0 spiro atoms. The Balaban J connectivity index is 1.81. The van der Waals surface area contributed by atoms with Gasteiger partial charge in [0.2, 0.25) is 11.8 Å². The second-order valence-electron chi connectivity index (χ2n) is 6.85. The summed E-state index contributed by atoms with van der Waals surface area (Å²) < 4.78 is 21.9. The first kappa shape index (κ1) is 19.1. The number of nitrogens with zero attached hydrogens (tertiary/aromatic N) is 5. The minimum atomic E-state index is 0.101. The molecule has 0 radical (unpaired) electrons. The molecule has 29 heavy (non-hydrogen) atoms. The van der Waals surface area contributed by atoms with Crippen LogP contribution in [0.1, 0.15) is 13.8 Å². The predicted molar refractivity (Wildman–Crippen MR) is 106 cm³/mol. The fourth-order valence-electron chi connectivity index (χ4n) is 3.39. The van der Waals surface area contributed by atoms with Crippen LogP contribution in [0.15, 0.2) is 35.1 Å². The van der Waals surface area contributed by atoms with Crippen molar-refractivity contribution >= 4 is 5.95 Å². The number of aromatic nitrogens is 4. The summed E-state index contributed by atoms with van der Waals surface area (Å²) in [5, 5.41) is 0. The van der Waals surface area contributed by atoms with Crippen LogP contribution in [0, 0.1) is 0 Å². The molecule has 0 N–H and O–H groups in total. The van der Waals surface area contributed by atoms with E-state index in [1.807, 2.05) is 26.0 Å². The largest absolute Gasteiger partial charge is 0.481 e. The van der Waals surface area contributed by atoms with E-state index < -0.39 is 0 Å². The molecular weight excluding hydrogens is 374 g/mol. The Morgan fingerprint density at radius 1 is 1.07 bits per heavy atom. The summed E-state index contributed by atoms with van der Waals surface area (Å²) >= 11 is 0. The summed E-state index contributed by atoms with van der Waals surface area (Å²) in [5.74, 6) is 1.63. The first-order valence-electron chi connectivity index (χ1n) is 9.36. The standard InChI is InChI=1S/C20H23N5O4/c1-12-10-25(11-13(2)29-12)19-21-9-14(18(24-19)16-6-5-7-28-16)15-8-17(26-3)23-20(22-15)27-4/h5-9,12-13H,10-11H2,1-4H3. The van der Waals surface area contributed by atoms with Gasteiger partial charge in [-0.05, 0) is 26.0 Å². The summed E-state index contributed by atoms with van der Waals surface area (Å²) in [7, 11) is 3.05. The third-order valence-corrected chi connectivity index (χ3v) is 4.58. The molecule has 3 aromatic heterocycles. The van der Waals surface area contributed by atoms with Crippen molar-refractivity contribution in [1.82, 2.24) is 19.9 Å². The van der Waals surface area contributed by atoms with Crippen LogP contribution in [0.4, 0.5) is 5.95 Å². The normalized spacial score (nSPS) is 19.2. The molecule has 9 heteroatoms. The summed E-state index contributed by atoms with van der Waals surface area (Å²) in [6.45, 7) is 5.53. The summed E-state index contributed by atoms with van der Waals surface area (Å²) in [4.78, 5) is 20.1. The van der Waals surface area contributed by atoms with Crippen molar-refractivity contribution in [1.29, 1.82) is 0 Å². The molecular formula is C20H23N5O4.